The van der Waals surface area contributed by atoms with E-state index in [0.717, 1.165) is 75.1 Å². The first-order chi connectivity index (χ1) is 14.1. The Morgan fingerprint density at radius 1 is 1.03 bits per heavy atom. The number of hydrogen-bond donors (Lipinski definition) is 2. The Bertz CT molecular complexity index is 833. The average molecular weight is 434 g/mol. The molecule has 2 aliphatic rings. The molecule has 1 heterocycles. The van der Waals surface area contributed by atoms with Crippen LogP contribution >= 0.6 is 12.4 Å². The molecule has 0 bridgehead atoms. The molecular formula is C24H33ClFN3O. The third-order valence-electron chi connectivity index (χ3n) is 6.61. The van der Waals surface area contributed by atoms with E-state index in [9.17, 15) is 9.50 Å². The molecule has 1 saturated heterocycles. The van der Waals surface area contributed by atoms with Crippen LogP contribution in [0, 0.1) is 5.82 Å². The molecule has 0 atom stereocenters. The highest BCUT2D eigenvalue weighted by Crippen LogP contribution is 2.40. The van der Waals surface area contributed by atoms with Crippen LogP contribution in [0.4, 0.5) is 4.39 Å². The van der Waals surface area contributed by atoms with Crippen molar-refractivity contribution in [3.63, 3.8) is 0 Å². The van der Waals surface area contributed by atoms with Gasteiger partial charge in [0.25, 0.3) is 0 Å². The minimum absolute atomic E-state index is 0. The summed E-state index contributed by atoms with van der Waals surface area (Å²) in [5, 5.41) is 14.0. The number of piperazine rings is 1. The summed E-state index contributed by atoms with van der Waals surface area (Å²) in [5.74, 6) is 0.237. The fourth-order valence-electron chi connectivity index (χ4n) is 4.76. The third kappa shape index (κ3) is 5.14. The molecule has 30 heavy (non-hydrogen) atoms. The maximum absolute atomic E-state index is 14.5. The van der Waals surface area contributed by atoms with Gasteiger partial charge < -0.3 is 15.3 Å². The van der Waals surface area contributed by atoms with Gasteiger partial charge in [0.1, 0.15) is 11.6 Å². The van der Waals surface area contributed by atoms with Crippen LogP contribution in [0.5, 0.6) is 5.75 Å². The van der Waals surface area contributed by atoms with E-state index >= 15 is 0 Å². The Morgan fingerprint density at radius 2 is 1.73 bits per heavy atom. The van der Waals surface area contributed by atoms with E-state index in [4.69, 9.17) is 0 Å². The Balaban J connectivity index is 0.00000256. The van der Waals surface area contributed by atoms with Crippen LogP contribution in [0.15, 0.2) is 42.5 Å². The van der Waals surface area contributed by atoms with Gasteiger partial charge in [-0.1, -0.05) is 37.1 Å². The molecule has 2 fully saturated rings. The first kappa shape index (κ1) is 23.0. The van der Waals surface area contributed by atoms with Crippen LogP contribution in [-0.4, -0.2) is 48.1 Å². The van der Waals surface area contributed by atoms with Crippen molar-refractivity contribution in [1.82, 2.24) is 15.1 Å². The van der Waals surface area contributed by atoms with Gasteiger partial charge in [0, 0.05) is 55.9 Å². The van der Waals surface area contributed by atoms with E-state index in [1.54, 1.807) is 18.2 Å². The molecule has 2 aromatic rings. The third-order valence-corrected chi connectivity index (χ3v) is 6.61. The van der Waals surface area contributed by atoms with Gasteiger partial charge in [-0.05, 0) is 43.7 Å². The van der Waals surface area contributed by atoms with Gasteiger partial charge in [0.05, 0.1) is 0 Å². The number of aromatic hydroxyl groups is 1. The molecule has 1 aliphatic carbocycles. The number of halogens is 2. The lowest BCUT2D eigenvalue weighted by molar-refractivity contribution is 0.147. The summed E-state index contributed by atoms with van der Waals surface area (Å²) < 4.78 is 14.5. The maximum atomic E-state index is 14.5. The summed E-state index contributed by atoms with van der Waals surface area (Å²) >= 11 is 0. The monoisotopic (exact) mass is 433 g/mol. The lowest BCUT2D eigenvalue weighted by Crippen LogP contribution is -2.43. The fraction of sp³-hybridized carbons (Fsp3) is 0.500. The zero-order valence-electron chi connectivity index (χ0n) is 17.7. The van der Waals surface area contributed by atoms with Crippen LogP contribution in [0.3, 0.4) is 0 Å². The van der Waals surface area contributed by atoms with Crippen molar-refractivity contribution in [2.24, 2.45) is 0 Å². The van der Waals surface area contributed by atoms with Crippen molar-refractivity contribution in [3.8, 4) is 5.75 Å². The molecule has 4 rings (SSSR count). The van der Waals surface area contributed by atoms with E-state index in [1.807, 2.05) is 18.2 Å². The number of phenolic OH excluding ortho intramolecular Hbond substituents is 1. The van der Waals surface area contributed by atoms with Gasteiger partial charge >= 0.3 is 0 Å². The van der Waals surface area contributed by atoms with Crippen LogP contribution in [-0.2, 0) is 18.6 Å². The zero-order chi connectivity index (χ0) is 20.3. The standard InChI is InChI=1S/C24H32FN3O.ClH/c1-27-12-14-28(15-13-27)18-20-16-19(8-9-23(20)29)17-26-24(10-4-5-11-24)21-6-2-3-7-22(21)25;/h2-3,6-9,16,26,29H,4-5,10-15,17-18H2,1H3;1H. The first-order valence-electron chi connectivity index (χ1n) is 10.8. The molecule has 0 aromatic heterocycles. The predicted molar refractivity (Wildman–Crippen MR) is 122 cm³/mol. The smallest absolute Gasteiger partial charge is 0.128 e. The molecule has 4 nitrogen and oxygen atoms in total. The molecule has 2 N–H and O–H groups in total. The minimum Gasteiger partial charge on any atom is -0.508 e. The van der Waals surface area contributed by atoms with Crippen molar-refractivity contribution in [3.05, 3.63) is 65.0 Å². The SMILES string of the molecule is CN1CCN(Cc2cc(CNC3(c4ccccc4F)CCCC3)ccc2O)CC1.Cl. The quantitative estimate of drug-likeness (QED) is 0.714. The van der Waals surface area contributed by atoms with E-state index in [0.29, 0.717) is 12.3 Å². The van der Waals surface area contributed by atoms with Gasteiger partial charge in [-0.2, -0.15) is 0 Å². The van der Waals surface area contributed by atoms with E-state index < -0.39 is 0 Å². The second kappa shape index (κ2) is 10.1. The number of nitrogens with zero attached hydrogens (tertiary/aromatic N) is 2. The molecule has 1 aliphatic heterocycles. The largest absolute Gasteiger partial charge is 0.508 e. The minimum atomic E-state index is -0.291. The number of hydrogen-bond acceptors (Lipinski definition) is 4. The van der Waals surface area contributed by atoms with E-state index in [-0.39, 0.29) is 23.8 Å². The second-order valence-corrected chi connectivity index (χ2v) is 8.67. The zero-order valence-corrected chi connectivity index (χ0v) is 18.6. The Labute approximate surface area is 185 Å². The normalized spacial score (nSPS) is 19.5. The average Bonchev–Trinajstić information content (AvgIpc) is 3.20. The van der Waals surface area contributed by atoms with E-state index in [1.165, 1.54) is 0 Å². The molecular weight excluding hydrogens is 401 g/mol. The molecule has 1 saturated carbocycles. The van der Waals surface area contributed by atoms with Crippen LogP contribution in [0.1, 0.15) is 42.4 Å². The highest BCUT2D eigenvalue weighted by atomic mass is 35.5. The Kier molecular flexibility index (Phi) is 7.75. The van der Waals surface area contributed by atoms with Gasteiger partial charge in [0.2, 0.25) is 0 Å². The van der Waals surface area contributed by atoms with E-state index in [2.05, 4.69) is 28.2 Å². The summed E-state index contributed by atoms with van der Waals surface area (Å²) in [7, 11) is 2.15. The summed E-state index contributed by atoms with van der Waals surface area (Å²) in [6, 6.07) is 13.0. The number of nitrogens with one attached hydrogen (secondary N) is 1. The highest BCUT2D eigenvalue weighted by Gasteiger charge is 2.37. The lowest BCUT2D eigenvalue weighted by Gasteiger charge is -2.33. The first-order valence-corrected chi connectivity index (χ1v) is 10.8. The molecule has 0 unspecified atom stereocenters. The molecule has 2 aromatic carbocycles. The lowest BCUT2D eigenvalue weighted by atomic mass is 9.87. The molecule has 0 radical (unpaired) electrons. The van der Waals surface area contributed by atoms with Gasteiger partial charge in [-0.3, -0.25) is 4.90 Å². The highest BCUT2D eigenvalue weighted by molar-refractivity contribution is 5.85. The summed E-state index contributed by atoms with van der Waals surface area (Å²) in [6.45, 7) is 5.61. The topological polar surface area (TPSA) is 38.7 Å². The number of rotatable bonds is 6. The van der Waals surface area contributed by atoms with Crippen molar-refractivity contribution < 1.29 is 9.50 Å². The Morgan fingerprint density at radius 3 is 2.43 bits per heavy atom. The van der Waals surface area contributed by atoms with Crippen molar-refractivity contribution in [2.75, 3.05) is 33.2 Å². The Hall–Kier alpha value is -1.66. The van der Waals surface area contributed by atoms with Gasteiger partial charge in [-0.15, -0.1) is 12.4 Å². The molecule has 164 valence electrons. The van der Waals surface area contributed by atoms with Crippen molar-refractivity contribution in [1.29, 1.82) is 0 Å². The van der Waals surface area contributed by atoms with Crippen LogP contribution < -0.4 is 5.32 Å². The predicted octanol–water partition coefficient (Wildman–Crippen LogP) is 4.26. The molecule has 0 amide bonds. The van der Waals surface area contributed by atoms with Crippen molar-refractivity contribution >= 4 is 12.4 Å². The summed E-state index contributed by atoms with van der Waals surface area (Å²) in [6.07, 6.45) is 4.15. The number of benzene rings is 2. The maximum Gasteiger partial charge on any atom is 0.128 e. The van der Waals surface area contributed by atoms with Crippen molar-refractivity contribution in [2.45, 2.75) is 44.3 Å². The van der Waals surface area contributed by atoms with Crippen LogP contribution in [0.2, 0.25) is 0 Å². The number of likely N-dealkylation sites (N-methyl/N-ethyl adjacent to an activating group) is 1. The molecule has 0 spiro atoms. The van der Waals surface area contributed by atoms with Gasteiger partial charge in [-0.25, -0.2) is 4.39 Å². The summed E-state index contributed by atoms with van der Waals surface area (Å²) in [5.41, 5.74) is 2.60. The van der Waals surface area contributed by atoms with Gasteiger partial charge in [0.15, 0.2) is 0 Å². The molecule has 6 heteroatoms. The fourth-order valence-corrected chi connectivity index (χ4v) is 4.76. The second-order valence-electron chi connectivity index (χ2n) is 8.67. The number of phenols is 1. The van der Waals surface area contributed by atoms with Crippen LogP contribution in [0.25, 0.3) is 0 Å². The summed E-state index contributed by atoms with van der Waals surface area (Å²) in [4.78, 5) is 4.73.